The molecule has 0 radical (unpaired) electrons. The van der Waals surface area contributed by atoms with Crippen LogP contribution in [0.1, 0.15) is 32.1 Å². The van der Waals surface area contributed by atoms with Crippen LogP contribution in [0.3, 0.4) is 0 Å². The van der Waals surface area contributed by atoms with Gasteiger partial charge in [-0.2, -0.15) is 0 Å². The number of ether oxygens (including phenoxy) is 1. The minimum atomic E-state index is 0.282. The third-order valence-corrected chi connectivity index (χ3v) is 4.09. The Hall–Kier alpha value is -0.610. The molecule has 0 spiro atoms. The van der Waals surface area contributed by atoms with E-state index < -0.39 is 0 Å². The SMILES string of the molecule is CN(CCN1CCCC1)C(=O)CC1CCCOC1. The van der Waals surface area contributed by atoms with Crippen molar-refractivity contribution in [1.29, 1.82) is 0 Å². The van der Waals surface area contributed by atoms with Crippen molar-refractivity contribution in [3.05, 3.63) is 0 Å². The molecule has 1 amide bonds. The second kappa shape index (κ2) is 7.10. The van der Waals surface area contributed by atoms with Crippen molar-refractivity contribution in [1.82, 2.24) is 9.80 Å². The molecule has 2 aliphatic heterocycles. The summed E-state index contributed by atoms with van der Waals surface area (Å²) in [5.74, 6) is 0.727. The quantitative estimate of drug-likeness (QED) is 0.742. The van der Waals surface area contributed by atoms with Crippen molar-refractivity contribution in [2.45, 2.75) is 32.1 Å². The molecule has 0 N–H and O–H groups in total. The van der Waals surface area contributed by atoms with Crippen molar-refractivity contribution >= 4 is 5.91 Å². The molecule has 0 aromatic carbocycles. The van der Waals surface area contributed by atoms with Gasteiger partial charge in [0.2, 0.25) is 5.91 Å². The van der Waals surface area contributed by atoms with E-state index in [9.17, 15) is 4.79 Å². The average Bonchev–Trinajstić information content (AvgIpc) is 2.90. The number of likely N-dealkylation sites (tertiary alicyclic amines) is 1. The van der Waals surface area contributed by atoms with Crippen LogP contribution in [0, 0.1) is 5.92 Å². The van der Waals surface area contributed by atoms with Crippen molar-refractivity contribution in [3.63, 3.8) is 0 Å². The fraction of sp³-hybridized carbons (Fsp3) is 0.929. The predicted molar refractivity (Wildman–Crippen MR) is 71.5 cm³/mol. The summed E-state index contributed by atoms with van der Waals surface area (Å²) in [5.41, 5.74) is 0. The standard InChI is InChI=1S/C14H26N2O2/c1-15(8-9-16-6-2-3-7-16)14(17)11-13-5-4-10-18-12-13/h13H,2-12H2,1H3. The third kappa shape index (κ3) is 4.25. The third-order valence-electron chi connectivity index (χ3n) is 4.09. The lowest BCUT2D eigenvalue weighted by Crippen LogP contribution is -2.36. The monoisotopic (exact) mass is 254 g/mol. The van der Waals surface area contributed by atoms with Gasteiger partial charge in [0, 0.05) is 39.8 Å². The van der Waals surface area contributed by atoms with Gasteiger partial charge in [0.25, 0.3) is 0 Å². The maximum Gasteiger partial charge on any atom is 0.222 e. The molecule has 2 fully saturated rings. The highest BCUT2D eigenvalue weighted by Gasteiger charge is 2.20. The van der Waals surface area contributed by atoms with Crippen LogP contribution in [-0.2, 0) is 9.53 Å². The smallest absolute Gasteiger partial charge is 0.222 e. The zero-order valence-electron chi connectivity index (χ0n) is 11.6. The summed E-state index contributed by atoms with van der Waals surface area (Å²) in [6.07, 6.45) is 5.55. The first kappa shape index (κ1) is 13.8. The number of carbonyl (C=O) groups is 1. The summed E-state index contributed by atoms with van der Waals surface area (Å²) < 4.78 is 5.42. The summed E-state index contributed by atoms with van der Waals surface area (Å²) >= 11 is 0. The number of hydrogen-bond donors (Lipinski definition) is 0. The van der Waals surface area contributed by atoms with Crippen LogP contribution in [0.2, 0.25) is 0 Å². The normalized spacial score (nSPS) is 25.3. The number of nitrogens with zero attached hydrogens (tertiary/aromatic N) is 2. The van der Waals surface area contributed by atoms with E-state index in [1.54, 1.807) is 0 Å². The topological polar surface area (TPSA) is 32.8 Å². The highest BCUT2D eigenvalue weighted by Crippen LogP contribution is 2.18. The maximum atomic E-state index is 12.1. The lowest BCUT2D eigenvalue weighted by molar-refractivity contribution is -0.132. The Bertz CT molecular complexity index is 259. The van der Waals surface area contributed by atoms with Gasteiger partial charge < -0.3 is 14.5 Å². The molecule has 0 aromatic rings. The highest BCUT2D eigenvalue weighted by atomic mass is 16.5. The molecule has 0 aromatic heterocycles. The molecule has 1 unspecified atom stereocenters. The van der Waals surface area contributed by atoms with Gasteiger partial charge in [-0.25, -0.2) is 0 Å². The van der Waals surface area contributed by atoms with E-state index in [4.69, 9.17) is 4.74 Å². The largest absolute Gasteiger partial charge is 0.381 e. The van der Waals surface area contributed by atoms with Gasteiger partial charge in [-0.05, 0) is 44.7 Å². The van der Waals surface area contributed by atoms with Gasteiger partial charge in [-0.15, -0.1) is 0 Å². The molecule has 2 heterocycles. The number of amides is 1. The van der Waals surface area contributed by atoms with E-state index >= 15 is 0 Å². The molecule has 2 rings (SSSR count). The Morgan fingerprint density at radius 2 is 2.11 bits per heavy atom. The first-order valence-corrected chi connectivity index (χ1v) is 7.30. The van der Waals surface area contributed by atoms with E-state index in [2.05, 4.69) is 4.90 Å². The zero-order valence-corrected chi connectivity index (χ0v) is 11.6. The number of likely N-dealkylation sites (N-methyl/N-ethyl adjacent to an activating group) is 1. The Balaban J connectivity index is 1.63. The fourth-order valence-corrected chi connectivity index (χ4v) is 2.79. The Morgan fingerprint density at radius 1 is 1.33 bits per heavy atom. The summed E-state index contributed by atoms with van der Waals surface area (Å²) in [7, 11) is 1.93. The van der Waals surface area contributed by atoms with Crippen molar-refractivity contribution in [2.75, 3.05) is 46.4 Å². The summed E-state index contributed by atoms with van der Waals surface area (Å²) in [4.78, 5) is 16.4. The van der Waals surface area contributed by atoms with Gasteiger partial charge in [0.15, 0.2) is 0 Å². The number of rotatable bonds is 5. The lowest BCUT2D eigenvalue weighted by atomic mass is 9.98. The second-order valence-corrected chi connectivity index (χ2v) is 5.65. The molecule has 104 valence electrons. The molecule has 4 nitrogen and oxygen atoms in total. The van der Waals surface area contributed by atoms with Gasteiger partial charge in [-0.1, -0.05) is 0 Å². The highest BCUT2D eigenvalue weighted by molar-refractivity contribution is 5.76. The van der Waals surface area contributed by atoms with Crippen molar-refractivity contribution in [3.8, 4) is 0 Å². The molecular formula is C14H26N2O2. The van der Waals surface area contributed by atoms with Crippen LogP contribution in [0.15, 0.2) is 0 Å². The molecule has 2 aliphatic rings. The van der Waals surface area contributed by atoms with Gasteiger partial charge in [0.05, 0.1) is 0 Å². The summed E-state index contributed by atoms with van der Waals surface area (Å²) in [6.45, 7) is 5.95. The Morgan fingerprint density at radius 3 is 2.78 bits per heavy atom. The van der Waals surface area contributed by atoms with Crippen LogP contribution in [0.5, 0.6) is 0 Å². The molecule has 4 heteroatoms. The first-order chi connectivity index (χ1) is 8.75. The number of hydrogen-bond acceptors (Lipinski definition) is 3. The zero-order chi connectivity index (χ0) is 12.8. The van der Waals surface area contributed by atoms with Gasteiger partial charge >= 0.3 is 0 Å². The van der Waals surface area contributed by atoms with Crippen LogP contribution in [0.25, 0.3) is 0 Å². The molecule has 1 atom stereocenters. The second-order valence-electron chi connectivity index (χ2n) is 5.65. The molecular weight excluding hydrogens is 228 g/mol. The van der Waals surface area contributed by atoms with E-state index in [1.165, 1.54) is 25.9 Å². The fourth-order valence-electron chi connectivity index (χ4n) is 2.79. The summed E-state index contributed by atoms with van der Waals surface area (Å²) in [6, 6.07) is 0. The molecule has 0 bridgehead atoms. The van der Waals surface area contributed by atoms with E-state index in [0.29, 0.717) is 12.3 Å². The molecule has 18 heavy (non-hydrogen) atoms. The van der Waals surface area contributed by atoms with Crippen LogP contribution >= 0.6 is 0 Å². The average molecular weight is 254 g/mol. The minimum Gasteiger partial charge on any atom is -0.381 e. The van der Waals surface area contributed by atoms with Gasteiger partial charge in [-0.3, -0.25) is 4.79 Å². The first-order valence-electron chi connectivity index (χ1n) is 7.30. The van der Waals surface area contributed by atoms with E-state index in [-0.39, 0.29) is 5.91 Å². The number of carbonyl (C=O) groups excluding carboxylic acids is 1. The Kier molecular flexibility index (Phi) is 5.45. The Labute approximate surface area is 110 Å². The van der Waals surface area contributed by atoms with Gasteiger partial charge in [0.1, 0.15) is 0 Å². The maximum absolute atomic E-state index is 12.1. The van der Waals surface area contributed by atoms with Crippen molar-refractivity contribution < 1.29 is 9.53 Å². The molecule has 2 saturated heterocycles. The van der Waals surface area contributed by atoms with Crippen molar-refractivity contribution in [2.24, 2.45) is 5.92 Å². The lowest BCUT2D eigenvalue weighted by Gasteiger charge is -2.25. The van der Waals surface area contributed by atoms with E-state index in [0.717, 1.165) is 39.1 Å². The van der Waals surface area contributed by atoms with Crippen LogP contribution in [0.4, 0.5) is 0 Å². The molecule has 0 aliphatic carbocycles. The predicted octanol–water partition coefficient (Wildman–Crippen LogP) is 1.36. The summed E-state index contributed by atoms with van der Waals surface area (Å²) in [5, 5.41) is 0. The molecule has 0 saturated carbocycles. The van der Waals surface area contributed by atoms with Crippen LogP contribution in [-0.4, -0.2) is 62.1 Å². The minimum absolute atomic E-state index is 0.282. The van der Waals surface area contributed by atoms with Crippen LogP contribution < -0.4 is 0 Å². The van der Waals surface area contributed by atoms with E-state index in [1.807, 2.05) is 11.9 Å².